The molecule has 4 aromatic rings. The Morgan fingerprint density at radius 1 is 1.12 bits per heavy atom. The second-order valence-electron chi connectivity index (χ2n) is 7.84. The van der Waals surface area contributed by atoms with Crippen LogP contribution in [-0.2, 0) is 13.3 Å². The number of halogens is 2. The van der Waals surface area contributed by atoms with Gasteiger partial charge in [0.05, 0.1) is 6.54 Å². The molecule has 0 aliphatic heterocycles. The Morgan fingerprint density at radius 2 is 1.91 bits per heavy atom. The molecule has 2 aromatic carbocycles. The minimum atomic E-state index is -0.451. The number of ether oxygens (including phenoxy) is 1. The molecule has 2 heterocycles. The number of carbonyl (C=O) groups is 1. The molecule has 0 fully saturated rings. The number of rotatable bonds is 8. The van der Waals surface area contributed by atoms with Gasteiger partial charge in [0.2, 0.25) is 0 Å². The van der Waals surface area contributed by atoms with Gasteiger partial charge in [-0.3, -0.25) is 9.48 Å². The van der Waals surface area contributed by atoms with Crippen LogP contribution in [0.25, 0.3) is 0 Å². The SMILES string of the molecule is CC(C)c1ccc(OCn2ccc(C(=O)Nc3nn(Cc4cccc(F)c4)cc3Cl)n2)cc1. The highest BCUT2D eigenvalue weighted by molar-refractivity contribution is 6.33. The zero-order valence-electron chi connectivity index (χ0n) is 18.2. The normalized spacial score (nSPS) is 11.1. The summed E-state index contributed by atoms with van der Waals surface area (Å²) in [5.41, 5.74) is 2.16. The Hall–Kier alpha value is -3.65. The van der Waals surface area contributed by atoms with Crippen molar-refractivity contribution in [1.29, 1.82) is 0 Å². The Morgan fingerprint density at radius 3 is 2.64 bits per heavy atom. The van der Waals surface area contributed by atoms with E-state index in [-0.39, 0.29) is 29.1 Å². The monoisotopic (exact) mass is 467 g/mol. The van der Waals surface area contributed by atoms with E-state index in [4.69, 9.17) is 16.3 Å². The molecule has 0 spiro atoms. The molecule has 0 aliphatic rings. The van der Waals surface area contributed by atoms with Crippen molar-refractivity contribution in [2.24, 2.45) is 0 Å². The molecule has 0 unspecified atom stereocenters. The number of benzene rings is 2. The van der Waals surface area contributed by atoms with E-state index in [9.17, 15) is 9.18 Å². The van der Waals surface area contributed by atoms with Crippen LogP contribution in [0.2, 0.25) is 5.02 Å². The van der Waals surface area contributed by atoms with Crippen LogP contribution in [0.1, 0.15) is 41.4 Å². The first-order chi connectivity index (χ1) is 15.9. The van der Waals surface area contributed by atoms with E-state index in [1.807, 2.05) is 24.3 Å². The highest BCUT2D eigenvalue weighted by Gasteiger charge is 2.15. The van der Waals surface area contributed by atoms with Crippen molar-refractivity contribution in [1.82, 2.24) is 19.6 Å². The molecule has 0 bridgehead atoms. The lowest BCUT2D eigenvalue weighted by atomic mass is 10.0. The third-order valence-corrected chi connectivity index (χ3v) is 5.24. The van der Waals surface area contributed by atoms with Gasteiger partial charge in [-0.2, -0.15) is 10.2 Å². The second kappa shape index (κ2) is 9.87. The lowest BCUT2D eigenvalue weighted by molar-refractivity contribution is 0.101. The van der Waals surface area contributed by atoms with Gasteiger partial charge in [0, 0.05) is 12.4 Å². The van der Waals surface area contributed by atoms with Gasteiger partial charge >= 0.3 is 0 Å². The average molecular weight is 468 g/mol. The molecule has 2 aromatic heterocycles. The van der Waals surface area contributed by atoms with Crippen LogP contribution in [0.15, 0.2) is 67.0 Å². The predicted molar refractivity (Wildman–Crippen MR) is 124 cm³/mol. The summed E-state index contributed by atoms with van der Waals surface area (Å²) in [5.74, 6) is 0.595. The summed E-state index contributed by atoms with van der Waals surface area (Å²) in [5, 5.41) is 11.4. The van der Waals surface area contributed by atoms with Gasteiger partial charge in [0.25, 0.3) is 5.91 Å². The summed E-state index contributed by atoms with van der Waals surface area (Å²) in [6, 6.07) is 15.7. The zero-order chi connectivity index (χ0) is 23.4. The number of hydrogen-bond acceptors (Lipinski definition) is 4. The molecule has 0 atom stereocenters. The topological polar surface area (TPSA) is 74.0 Å². The van der Waals surface area contributed by atoms with Crippen LogP contribution in [-0.4, -0.2) is 25.5 Å². The third kappa shape index (κ3) is 5.78. The molecule has 4 rings (SSSR count). The summed E-state index contributed by atoms with van der Waals surface area (Å²) >= 11 is 6.21. The molecule has 9 heteroatoms. The molecule has 1 amide bonds. The first-order valence-corrected chi connectivity index (χ1v) is 10.8. The highest BCUT2D eigenvalue weighted by atomic mass is 35.5. The number of hydrogen-bond donors (Lipinski definition) is 1. The Kier molecular flexibility index (Phi) is 6.74. The molecular formula is C24H23ClFN5O2. The largest absolute Gasteiger partial charge is 0.471 e. The van der Waals surface area contributed by atoms with E-state index in [1.54, 1.807) is 30.6 Å². The fourth-order valence-corrected chi connectivity index (χ4v) is 3.40. The third-order valence-electron chi connectivity index (χ3n) is 4.97. The Labute approximate surface area is 195 Å². The smallest absolute Gasteiger partial charge is 0.277 e. The van der Waals surface area contributed by atoms with E-state index in [2.05, 4.69) is 29.4 Å². The second-order valence-corrected chi connectivity index (χ2v) is 8.25. The first kappa shape index (κ1) is 22.5. The lowest BCUT2D eigenvalue weighted by Gasteiger charge is -2.09. The molecule has 0 aliphatic carbocycles. The maximum absolute atomic E-state index is 13.4. The molecule has 1 N–H and O–H groups in total. The first-order valence-electron chi connectivity index (χ1n) is 10.4. The van der Waals surface area contributed by atoms with Crippen molar-refractivity contribution in [2.45, 2.75) is 33.0 Å². The van der Waals surface area contributed by atoms with Crippen molar-refractivity contribution in [3.63, 3.8) is 0 Å². The maximum atomic E-state index is 13.4. The molecule has 7 nitrogen and oxygen atoms in total. The summed E-state index contributed by atoms with van der Waals surface area (Å²) in [6.07, 6.45) is 3.22. The van der Waals surface area contributed by atoms with Gasteiger partial charge in [0.15, 0.2) is 18.2 Å². The molecule has 0 saturated heterocycles. The quantitative estimate of drug-likeness (QED) is 0.380. The van der Waals surface area contributed by atoms with Crippen molar-refractivity contribution >= 4 is 23.3 Å². The number of nitrogens with zero attached hydrogens (tertiary/aromatic N) is 4. The summed E-state index contributed by atoms with van der Waals surface area (Å²) < 4.78 is 22.2. The molecule has 33 heavy (non-hydrogen) atoms. The van der Waals surface area contributed by atoms with Crippen LogP contribution < -0.4 is 10.1 Å². The average Bonchev–Trinajstić information content (AvgIpc) is 3.39. The van der Waals surface area contributed by atoms with Crippen LogP contribution in [0.5, 0.6) is 5.75 Å². The fraction of sp³-hybridized carbons (Fsp3) is 0.208. The standard InChI is InChI=1S/C24H23ClFN5O2/c1-16(2)18-6-8-20(9-7-18)33-15-30-11-10-22(28-30)24(32)27-23-21(25)14-31(29-23)13-17-4-3-5-19(26)12-17/h3-12,14,16H,13,15H2,1-2H3,(H,27,29,32). The maximum Gasteiger partial charge on any atom is 0.277 e. The summed E-state index contributed by atoms with van der Waals surface area (Å²) in [7, 11) is 0. The minimum Gasteiger partial charge on any atom is -0.471 e. The van der Waals surface area contributed by atoms with Crippen molar-refractivity contribution < 1.29 is 13.9 Å². The summed E-state index contributed by atoms with van der Waals surface area (Å²) in [4.78, 5) is 12.6. The van der Waals surface area contributed by atoms with Gasteiger partial charge in [0.1, 0.15) is 16.6 Å². The fourth-order valence-electron chi connectivity index (χ4n) is 3.20. The number of amides is 1. The van der Waals surface area contributed by atoms with Crippen molar-refractivity contribution in [3.8, 4) is 5.75 Å². The molecular weight excluding hydrogens is 445 g/mol. The van der Waals surface area contributed by atoms with Crippen LogP contribution in [0.3, 0.4) is 0 Å². The number of aromatic nitrogens is 4. The number of carbonyl (C=O) groups excluding carboxylic acids is 1. The van der Waals surface area contributed by atoms with E-state index in [1.165, 1.54) is 27.1 Å². The van der Waals surface area contributed by atoms with Gasteiger partial charge < -0.3 is 10.1 Å². The lowest BCUT2D eigenvalue weighted by Crippen LogP contribution is -2.15. The van der Waals surface area contributed by atoms with E-state index in [0.29, 0.717) is 12.5 Å². The number of nitrogens with one attached hydrogen (secondary N) is 1. The zero-order valence-corrected chi connectivity index (χ0v) is 19.0. The van der Waals surface area contributed by atoms with Gasteiger partial charge in [-0.15, -0.1) is 0 Å². The number of anilines is 1. The van der Waals surface area contributed by atoms with Gasteiger partial charge in [-0.1, -0.05) is 49.7 Å². The van der Waals surface area contributed by atoms with Gasteiger partial charge in [-0.25, -0.2) is 9.07 Å². The van der Waals surface area contributed by atoms with Crippen molar-refractivity contribution in [2.75, 3.05) is 5.32 Å². The predicted octanol–water partition coefficient (Wildman–Crippen LogP) is 5.33. The van der Waals surface area contributed by atoms with Crippen LogP contribution >= 0.6 is 11.6 Å². The molecule has 170 valence electrons. The van der Waals surface area contributed by atoms with E-state index in [0.717, 1.165) is 11.3 Å². The van der Waals surface area contributed by atoms with Gasteiger partial charge in [-0.05, 0) is 47.4 Å². The van der Waals surface area contributed by atoms with Crippen LogP contribution in [0.4, 0.5) is 10.2 Å². The molecule has 0 saturated carbocycles. The Bertz CT molecular complexity index is 1250. The molecule has 0 radical (unpaired) electrons. The van der Waals surface area contributed by atoms with Crippen LogP contribution in [0, 0.1) is 5.82 Å². The van der Waals surface area contributed by atoms with E-state index >= 15 is 0 Å². The highest BCUT2D eigenvalue weighted by Crippen LogP contribution is 2.21. The van der Waals surface area contributed by atoms with Crippen molar-refractivity contribution in [3.05, 3.63) is 94.7 Å². The Balaban J connectivity index is 1.35. The summed E-state index contributed by atoms with van der Waals surface area (Å²) in [6.45, 7) is 4.75. The van der Waals surface area contributed by atoms with E-state index < -0.39 is 5.91 Å². The minimum absolute atomic E-state index is 0.164.